The molecule has 0 bridgehead atoms. The smallest absolute Gasteiger partial charge is 0.251 e. The van der Waals surface area contributed by atoms with E-state index in [0.29, 0.717) is 36.2 Å². The Morgan fingerprint density at radius 1 is 1.32 bits per heavy atom. The number of nitrogens with one attached hydrogen (secondary N) is 1. The second kappa shape index (κ2) is 8.62. The first-order chi connectivity index (χ1) is 12.2. The van der Waals surface area contributed by atoms with Crippen molar-refractivity contribution in [3.8, 4) is 5.75 Å². The van der Waals surface area contributed by atoms with Gasteiger partial charge in [-0.25, -0.2) is 0 Å². The van der Waals surface area contributed by atoms with Gasteiger partial charge in [0.1, 0.15) is 5.75 Å². The normalized spacial score (nSPS) is 13.6. The predicted octanol–water partition coefficient (Wildman–Crippen LogP) is 2.50. The standard InChI is InChI=1S/C18H23N3O4/c1-13-20-17(21-25-13)12-24-16-7-5-15(6-8-16)18(22)19-9-2-10-23-11-14-3-4-14/h5-8,14H,2-4,9-12H2,1H3,(H,19,22). The molecule has 1 aliphatic rings. The Morgan fingerprint density at radius 2 is 2.12 bits per heavy atom. The maximum Gasteiger partial charge on any atom is 0.251 e. The zero-order valence-electron chi connectivity index (χ0n) is 14.4. The molecule has 1 heterocycles. The Hall–Kier alpha value is -2.41. The van der Waals surface area contributed by atoms with Gasteiger partial charge in [-0.15, -0.1) is 0 Å². The SMILES string of the molecule is Cc1nc(COc2ccc(C(=O)NCCCOCC3CC3)cc2)no1. The second-order valence-electron chi connectivity index (χ2n) is 6.17. The molecule has 0 saturated heterocycles. The van der Waals surface area contributed by atoms with Crippen LogP contribution in [0, 0.1) is 12.8 Å². The molecule has 1 aromatic carbocycles. The highest BCUT2D eigenvalue weighted by molar-refractivity contribution is 5.94. The minimum Gasteiger partial charge on any atom is -0.485 e. The molecular formula is C18H23N3O4. The molecule has 1 aliphatic carbocycles. The van der Waals surface area contributed by atoms with E-state index in [2.05, 4.69) is 15.5 Å². The van der Waals surface area contributed by atoms with Crippen molar-refractivity contribution in [2.75, 3.05) is 19.8 Å². The molecule has 0 atom stereocenters. The molecule has 1 fully saturated rings. The number of aromatic nitrogens is 2. The number of nitrogens with zero attached hydrogens (tertiary/aromatic N) is 2. The van der Waals surface area contributed by atoms with E-state index in [4.69, 9.17) is 14.0 Å². The van der Waals surface area contributed by atoms with Crippen molar-refractivity contribution < 1.29 is 18.8 Å². The number of rotatable bonds is 10. The Balaban J connectivity index is 1.34. The Kier molecular flexibility index (Phi) is 6.00. The summed E-state index contributed by atoms with van der Waals surface area (Å²) in [6.45, 7) is 4.11. The topological polar surface area (TPSA) is 86.5 Å². The summed E-state index contributed by atoms with van der Waals surface area (Å²) in [5.74, 6) is 2.32. The molecule has 7 nitrogen and oxygen atoms in total. The summed E-state index contributed by atoms with van der Waals surface area (Å²) < 4.78 is 16.0. The van der Waals surface area contributed by atoms with Crippen molar-refractivity contribution >= 4 is 5.91 Å². The fourth-order valence-corrected chi connectivity index (χ4v) is 2.26. The van der Waals surface area contributed by atoms with E-state index < -0.39 is 0 Å². The summed E-state index contributed by atoms with van der Waals surface area (Å²) in [5.41, 5.74) is 0.599. The molecule has 0 unspecified atom stereocenters. The molecule has 1 aromatic heterocycles. The van der Waals surface area contributed by atoms with Gasteiger partial charge < -0.3 is 19.3 Å². The number of aryl methyl sites for hydroxylation is 1. The van der Waals surface area contributed by atoms with Crippen molar-refractivity contribution in [2.45, 2.75) is 32.8 Å². The minimum absolute atomic E-state index is 0.0949. The summed E-state index contributed by atoms with van der Waals surface area (Å²) in [4.78, 5) is 16.1. The Bertz CT molecular complexity index is 680. The lowest BCUT2D eigenvalue weighted by Crippen LogP contribution is -2.25. The van der Waals surface area contributed by atoms with Crippen LogP contribution in [0.2, 0.25) is 0 Å². The molecule has 0 aliphatic heterocycles. The van der Waals surface area contributed by atoms with Crippen molar-refractivity contribution in [3.63, 3.8) is 0 Å². The van der Waals surface area contributed by atoms with Crippen molar-refractivity contribution in [1.29, 1.82) is 0 Å². The second-order valence-corrected chi connectivity index (χ2v) is 6.17. The van der Waals surface area contributed by atoms with E-state index in [9.17, 15) is 4.79 Å². The van der Waals surface area contributed by atoms with Crippen LogP contribution in [0.4, 0.5) is 0 Å². The lowest BCUT2D eigenvalue weighted by atomic mass is 10.2. The number of ether oxygens (including phenoxy) is 2. The number of carbonyl (C=O) groups excluding carboxylic acids is 1. The highest BCUT2D eigenvalue weighted by atomic mass is 16.5. The van der Waals surface area contributed by atoms with Crippen molar-refractivity contribution in [2.24, 2.45) is 5.92 Å². The van der Waals surface area contributed by atoms with Gasteiger partial charge in [0, 0.05) is 32.2 Å². The van der Waals surface area contributed by atoms with Crippen LogP contribution in [0.15, 0.2) is 28.8 Å². The molecule has 134 valence electrons. The van der Waals surface area contributed by atoms with Gasteiger partial charge in [-0.2, -0.15) is 4.98 Å². The molecule has 1 N–H and O–H groups in total. The maximum absolute atomic E-state index is 12.1. The lowest BCUT2D eigenvalue weighted by Gasteiger charge is -2.07. The molecular weight excluding hydrogens is 322 g/mol. The van der Waals surface area contributed by atoms with Crippen LogP contribution >= 0.6 is 0 Å². The van der Waals surface area contributed by atoms with Gasteiger partial charge in [-0.05, 0) is 49.4 Å². The average molecular weight is 345 g/mol. The average Bonchev–Trinajstić information content (AvgIpc) is 3.36. The number of hydrogen-bond acceptors (Lipinski definition) is 6. The Labute approximate surface area is 146 Å². The third-order valence-corrected chi connectivity index (χ3v) is 3.86. The van der Waals surface area contributed by atoms with Gasteiger partial charge in [0.25, 0.3) is 5.91 Å². The number of benzene rings is 1. The predicted molar refractivity (Wildman–Crippen MR) is 90.3 cm³/mol. The molecule has 3 rings (SSSR count). The van der Waals surface area contributed by atoms with E-state index >= 15 is 0 Å². The maximum atomic E-state index is 12.1. The first kappa shape index (κ1) is 17.4. The molecule has 7 heteroatoms. The zero-order valence-corrected chi connectivity index (χ0v) is 14.4. The third kappa shape index (κ3) is 5.86. The highest BCUT2D eigenvalue weighted by Crippen LogP contribution is 2.28. The van der Waals surface area contributed by atoms with Crippen LogP contribution < -0.4 is 10.1 Å². The largest absolute Gasteiger partial charge is 0.485 e. The van der Waals surface area contributed by atoms with Crippen LogP contribution in [-0.2, 0) is 11.3 Å². The monoisotopic (exact) mass is 345 g/mol. The van der Waals surface area contributed by atoms with Gasteiger partial charge in [-0.1, -0.05) is 5.16 Å². The molecule has 0 spiro atoms. The van der Waals surface area contributed by atoms with E-state index in [0.717, 1.165) is 18.9 Å². The fraction of sp³-hybridized carbons (Fsp3) is 0.500. The first-order valence-corrected chi connectivity index (χ1v) is 8.59. The van der Waals surface area contributed by atoms with E-state index in [1.54, 1.807) is 31.2 Å². The molecule has 0 radical (unpaired) electrons. The quantitative estimate of drug-likeness (QED) is 0.666. The summed E-state index contributed by atoms with van der Waals surface area (Å²) in [5, 5.41) is 6.65. The fourth-order valence-electron chi connectivity index (χ4n) is 2.26. The first-order valence-electron chi connectivity index (χ1n) is 8.59. The van der Waals surface area contributed by atoms with Gasteiger partial charge in [0.15, 0.2) is 6.61 Å². The third-order valence-electron chi connectivity index (χ3n) is 3.86. The number of hydrogen-bond donors (Lipinski definition) is 1. The summed E-state index contributed by atoms with van der Waals surface area (Å²) >= 11 is 0. The summed E-state index contributed by atoms with van der Waals surface area (Å²) in [6.07, 6.45) is 3.42. The van der Waals surface area contributed by atoms with E-state index in [-0.39, 0.29) is 12.5 Å². The molecule has 1 amide bonds. The van der Waals surface area contributed by atoms with E-state index in [1.165, 1.54) is 12.8 Å². The van der Waals surface area contributed by atoms with Crippen LogP contribution in [0.1, 0.15) is 41.3 Å². The number of amides is 1. The van der Waals surface area contributed by atoms with Gasteiger partial charge >= 0.3 is 0 Å². The minimum atomic E-state index is -0.0949. The van der Waals surface area contributed by atoms with Crippen molar-refractivity contribution in [1.82, 2.24) is 15.5 Å². The van der Waals surface area contributed by atoms with E-state index in [1.807, 2.05) is 0 Å². The summed E-state index contributed by atoms with van der Waals surface area (Å²) in [6, 6.07) is 6.96. The van der Waals surface area contributed by atoms with Gasteiger partial charge in [-0.3, -0.25) is 4.79 Å². The Morgan fingerprint density at radius 3 is 2.80 bits per heavy atom. The molecule has 25 heavy (non-hydrogen) atoms. The summed E-state index contributed by atoms with van der Waals surface area (Å²) in [7, 11) is 0. The highest BCUT2D eigenvalue weighted by Gasteiger charge is 2.20. The van der Waals surface area contributed by atoms with Crippen molar-refractivity contribution in [3.05, 3.63) is 41.5 Å². The lowest BCUT2D eigenvalue weighted by molar-refractivity contribution is 0.0937. The number of carbonyl (C=O) groups is 1. The van der Waals surface area contributed by atoms with Gasteiger partial charge in [0.2, 0.25) is 11.7 Å². The molecule has 2 aromatic rings. The van der Waals surface area contributed by atoms with Crippen LogP contribution in [-0.4, -0.2) is 35.8 Å². The van der Waals surface area contributed by atoms with Crippen LogP contribution in [0.25, 0.3) is 0 Å². The van der Waals surface area contributed by atoms with Gasteiger partial charge in [0.05, 0.1) is 0 Å². The zero-order chi connectivity index (χ0) is 17.5. The molecule has 1 saturated carbocycles. The van der Waals surface area contributed by atoms with Crippen LogP contribution in [0.5, 0.6) is 5.75 Å². The van der Waals surface area contributed by atoms with Crippen LogP contribution in [0.3, 0.4) is 0 Å².